The van der Waals surface area contributed by atoms with Crippen molar-refractivity contribution in [2.24, 2.45) is 12.2 Å². The van der Waals surface area contributed by atoms with Gasteiger partial charge in [0.2, 0.25) is 10.4 Å². The zero-order valence-electron chi connectivity index (χ0n) is 33.2. The minimum atomic E-state index is -5.27. The summed E-state index contributed by atoms with van der Waals surface area (Å²) < 4.78 is 58.4. The molecule has 0 radical (unpaired) electrons. The molecule has 3 aromatic rings. The van der Waals surface area contributed by atoms with Crippen LogP contribution in [0.5, 0.6) is 5.75 Å². The standard InChI is InChI=1S/C35H48N8O12S2/c1-33(2,3)53-31(46)38-30-36-23(20-56-30)26(28(44)37-27-29(45)43(35(27,7)8)55-57(48,49)50)39-52-16-15-51-22-12-13-25-40(9)24(19-42(25)18-22)21-11-10-14-41(17-21)32(47)54-34(4,5)6/h12-13,18-21,27H,10-11,14-17H2,1-9H3,(H2-,36,37,38,44,46,48,49,50)/b39-26-. The molecule has 0 bridgehead atoms. The summed E-state index contributed by atoms with van der Waals surface area (Å²) in [4.78, 5) is 62.8. The van der Waals surface area contributed by atoms with Crippen LogP contribution in [0.25, 0.3) is 5.65 Å². The molecule has 2 atom stereocenters. The maximum Gasteiger partial charge on any atom is 0.413 e. The van der Waals surface area contributed by atoms with Crippen LogP contribution in [0.1, 0.15) is 85.5 Å². The van der Waals surface area contributed by atoms with Gasteiger partial charge >= 0.3 is 12.2 Å². The van der Waals surface area contributed by atoms with Crippen LogP contribution in [0, 0.1) is 0 Å². The van der Waals surface area contributed by atoms with E-state index in [1.165, 1.54) is 19.2 Å². The largest absolute Gasteiger partial charge is 0.724 e. The molecule has 5 heterocycles. The number of aromatic nitrogens is 3. The Balaban J connectivity index is 1.25. The molecule has 2 aliphatic rings. The zero-order chi connectivity index (χ0) is 42.1. The number of anilines is 1. The molecule has 22 heteroatoms. The van der Waals surface area contributed by atoms with Crippen molar-refractivity contribution in [3.63, 3.8) is 0 Å². The Morgan fingerprint density at radius 1 is 1.09 bits per heavy atom. The number of β-lactam (4-membered cyclic amide) rings is 1. The highest BCUT2D eigenvalue weighted by Gasteiger charge is 2.57. The number of hydrogen-bond acceptors (Lipinski definition) is 15. The maximum absolute atomic E-state index is 13.5. The Morgan fingerprint density at radius 3 is 2.44 bits per heavy atom. The van der Waals surface area contributed by atoms with Gasteiger partial charge in [-0.1, -0.05) is 5.16 Å². The van der Waals surface area contributed by atoms with Crippen molar-refractivity contribution in [2.45, 2.75) is 96.9 Å². The lowest BCUT2D eigenvalue weighted by atomic mass is 9.84. The number of aryl methyl sites for hydroxylation is 1. The molecule has 5 rings (SSSR count). The average Bonchev–Trinajstić information content (AvgIpc) is 3.68. The number of carbonyl (C=O) groups excluding carboxylic acids is 4. The van der Waals surface area contributed by atoms with E-state index >= 15 is 0 Å². The SMILES string of the molecule is C[n+]1c(C2CCCN(C(=O)OC(C)(C)C)C2)cn2cc(OCCO/N=C(\C(=O)NC3C(=O)N(OS(=O)(=O)[O-])C3(C)C)c3csc(NC(=O)OC(C)(C)C)n3)ccc21. The summed E-state index contributed by atoms with van der Waals surface area (Å²) in [6.07, 6.45) is 4.48. The second-order valence-corrected chi connectivity index (χ2v) is 17.8. The highest BCUT2D eigenvalue weighted by atomic mass is 32.3. The van der Waals surface area contributed by atoms with Crippen LogP contribution in [0.3, 0.4) is 0 Å². The van der Waals surface area contributed by atoms with Crippen molar-refractivity contribution in [1.82, 2.24) is 24.7 Å². The van der Waals surface area contributed by atoms with Crippen LogP contribution >= 0.6 is 11.3 Å². The summed E-state index contributed by atoms with van der Waals surface area (Å²) in [7, 11) is -3.30. The minimum Gasteiger partial charge on any atom is -0.724 e. The van der Waals surface area contributed by atoms with Gasteiger partial charge < -0.3 is 33.8 Å². The first-order valence-corrected chi connectivity index (χ1v) is 20.2. The number of hydroxylamine groups is 2. The van der Waals surface area contributed by atoms with E-state index in [9.17, 15) is 32.1 Å². The van der Waals surface area contributed by atoms with E-state index in [0.29, 0.717) is 23.9 Å². The fourth-order valence-electron chi connectivity index (χ4n) is 6.17. The molecule has 2 aliphatic heterocycles. The van der Waals surface area contributed by atoms with Gasteiger partial charge in [0.25, 0.3) is 17.5 Å². The Labute approximate surface area is 333 Å². The van der Waals surface area contributed by atoms with Gasteiger partial charge in [-0.15, -0.1) is 11.3 Å². The van der Waals surface area contributed by atoms with Crippen LogP contribution in [-0.2, 0) is 45.6 Å². The van der Waals surface area contributed by atoms with Gasteiger partial charge in [-0.2, -0.15) is 13.7 Å². The van der Waals surface area contributed by atoms with Gasteiger partial charge in [0.05, 0.1) is 12.6 Å². The maximum atomic E-state index is 13.5. The first kappa shape index (κ1) is 43.1. The summed E-state index contributed by atoms with van der Waals surface area (Å²) in [5, 5.41) is 10.8. The lowest BCUT2D eigenvalue weighted by Gasteiger charge is -2.51. The highest BCUT2D eigenvalue weighted by Crippen LogP contribution is 2.33. The minimum absolute atomic E-state index is 0.00422. The van der Waals surface area contributed by atoms with E-state index in [0.717, 1.165) is 35.5 Å². The van der Waals surface area contributed by atoms with Crippen molar-refractivity contribution in [3.05, 3.63) is 41.3 Å². The molecule has 57 heavy (non-hydrogen) atoms. The lowest BCUT2D eigenvalue weighted by Crippen LogP contribution is -2.76. The highest BCUT2D eigenvalue weighted by molar-refractivity contribution is 7.80. The monoisotopic (exact) mass is 836 g/mol. The molecule has 312 valence electrons. The number of oxime groups is 1. The van der Waals surface area contributed by atoms with Crippen LogP contribution in [0.15, 0.2) is 35.1 Å². The van der Waals surface area contributed by atoms with E-state index in [4.69, 9.17) is 19.0 Å². The number of nitrogens with zero attached hydrogens (tertiary/aromatic N) is 6. The summed E-state index contributed by atoms with van der Waals surface area (Å²) in [5.74, 6) is -1.30. The number of imidazole rings is 1. The predicted molar refractivity (Wildman–Crippen MR) is 202 cm³/mol. The Morgan fingerprint density at radius 2 is 1.79 bits per heavy atom. The summed E-state index contributed by atoms with van der Waals surface area (Å²) >= 11 is 0.964. The number of rotatable bonds is 12. The summed E-state index contributed by atoms with van der Waals surface area (Å²) in [5.41, 5.74) is -1.26. The van der Waals surface area contributed by atoms with Gasteiger partial charge in [-0.05, 0) is 74.3 Å². The van der Waals surface area contributed by atoms with E-state index in [1.807, 2.05) is 50.7 Å². The molecule has 2 unspecified atom stereocenters. The van der Waals surface area contributed by atoms with Gasteiger partial charge in [-0.3, -0.25) is 14.9 Å². The third-order valence-corrected chi connectivity index (χ3v) is 9.80. The number of likely N-dealkylation sites (tertiary alicyclic amines) is 1. The van der Waals surface area contributed by atoms with Crippen LogP contribution < -0.4 is 19.9 Å². The number of fused-ring (bicyclic) bond motifs is 1. The Hall–Kier alpha value is -5.06. The Bertz CT molecular complexity index is 2150. The number of thiazole rings is 1. The van der Waals surface area contributed by atoms with Crippen molar-refractivity contribution < 1.29 is 60.0 Å². The van der Waals surface area contributed by atoms with Crippen LogP contribution in [0.2, 0.25) is 0 Å². The third kappa shape index (κ3) is 10.9. The number of hydrogen-bond donors (Lipinski definition) is 2. The molecular weight excluding hydrogens is 789 g/mol. The van der Waals surface area contributed by atoms with Gasteiger partial charge in [0.1, 0.15) is 47.6 Å². The van der Waals surface area contributed by atoms with Crippen molar-refractivity contribution in [1.29, 1.82) is 0 Å². The number of nitrogens with one attached hydrogen (secondary N) is 2. The fraction of sp³-hybridized carbons (Fsp3) is 0.571. The molecular formula is C35H48N8O12S2. The van der Waals surface area contributed by atoms with Gasteiger partial charge in [0, 0.05) is 30.5 Å². The molecule has 0 aliphatic carbocycles. The van der Waals surface area contributed by atoms with E-state index < -0.39 is 51.1 Å². The van der Waals surface area contributed by atoms with Crippen molar-refractivity contribution in [3.8, 4) is 5.75 Å². The normalized spacial score (nSPS) is 18.8. The number of ether oxygens (including phenoxy) is 3. The van der Waals surface area contributed by atoms with Crippen molar-refractivity contribution >= 4 is 62.2 Å². The number of amides is 4. The third-order valence-electron chi connectivity index (χ3n) is 8.71. The molecule has 0 spiro atoms. The van der Waals surface area contributed by atoms with Gasteiger partial charge in [0.15, 0.2) is 23.2 Å². The molecule has 0 saturated carbocycles. The first-order chi connectivity index (χ1) is 26.4. The second-order valence-electron chi connectivity index (χ2n) is 16.0. The van der Waals surface area contributed by atoms with Gasteiger partial charge in [-0.25, -0.2) is 27.6 Å². The lowest BCUT2D eigenvalue weighted by molar-refractivity contribution is -0.653. The average molecular weight is 837 g/mol. The van der Waals surface area contributed by atoms with Crippen LogP contribution in [0.4, 0.5) is 14.7 Å². The molecule has 2 fully saturated rings. The van der Waals surface area contributed by atoms with Crippen LogP contribution in [-0.4, -0.2) is 111 Å². The zero-order valence-corrected chi connectivity index (χ0v) is 34.8. The quantitative estimate of drug-likeness (QED) is 0.0509. The molecule has 0 aromatic carbocycles. The predicted octanol–water partition coefficient (Wildman–Crippen LogP) is 2.98. The second kappa shape index (κ2) is 16.4. The Kier molecular flexibility index (Phi) is 12.4. The van der Waals surface area contributed by atoms with Crippen molar-refractivity contribution in [2.75, 3.05) is 31.6 Å². The molecule has 4 amide bonds. The number of pyridine rings is 1. The topological polar surface area (TPSA) is 236 Å². The van der Waals surface area contributed by atoms with E-state index in [-0.39, 0.29) is 41.8 Å². The summed E-state index contributed by atoms with van der Waals surface area (Å²) in [6.45, 7) is 14.4. The first-order valence-electron chi connectivity index (χ1n) is 18.0. The smallest absolute Gasteiger partial charge is 0.413 e. The molecule has 20 nitrogen and oxygen atoms in total. The molecule has 2 saturated heterocycles. The fourth-order valence-corrected chi connectivity index (χ4v) is 7.30. The summed E-state index contributed by atoms with van der Waals surface area (Å²) in [6, 6.07) is 2.39. The number of carbonyl (C=O) groups is 4. The molecule has 2 N–H and O–H groups in total. The number of piperidine rings is 1. The molecule has 3 aromatic heterocycles. The van der Waals surface area contributed by atoms with E-state index in [2.05, 4.69) is 29.6 Å². The van der Waals surface area contributed by atoms with E-state index in [1.54, 1.807) is 31.7 Å².